The molecule has 1 fully saturated rings. The van der Waals surface area contributed by atoms with Crippen molar-refractivity contribution in [3.63, 3.8) is 0 Å². The summed E-state index contributed by atoms with van der Waals surface area (Å²) in [6.07, 6.45) is 3.96. The Kier molecular flexibility index (Phi) is 3.68. The Balaban J connectivity index is 2.12. The zero-order chi connectivity index (χ0) is 15.1. The minimum Gasteiger partial charge on any atom is -0.206 e. The lowest BCUT2D eigenvalue weighted by Crippen LogP contribution is -2.12. The molecule has 0 bridgehead atoms. The summed E-state index contributed by atoms with van der Waals surface area (Å²) in [4.78, 5) is 0. The largest absolute Gasteiger partial charge is 0.206 e. The fourth-order valence-electron chi connectivity index (χ4n) is 3.42. The molecular weight excluding hydrogens is 273 g/mol. The van der Waals surface area contributed by atoms with Gasteiger partial charge in [0, 0.05) is 0 Å². The standard InChI is InChI=1S/C18H19F3/c1-10-3-5-12(6-4-10)14-8-7-13-9-11(2)16(19)18(21)15(13)17(14)20/h7-10,12H,3-6H2,1-2H3. The van der Waals surface area contributed by atoms with Crippen LogP contribution in [-0.2, 0) is 0 Å². The molecule has 0 spiro atoms. The molecule has 0 atom stereocenters. The van der Waals surface area contributed by atoms with E-state index in [0.717, 1.165) is 25.7 Å². The molecule has 0 amide bonds. The monoisotopic (exact) mass is 292 g/mol. The number of rotatable bonds is 1. The van der Waals surface area contributed by atoms with E-state index >= 15 is 0 Å². The Hall–Kier alpha value is -1.51. The van der Waals surface area contributed by atoms with E-state index in [1.165, 1.54) is 13.0 Å². The molecule has 2 aromatic carbocycles. The van der Waals surface area contributed by atoms with Gasteiger partial charge in [0.15, 0.2) is 11.6 Å². The molecule has 21 heavy (non-hydrogen) atoms. The lowest BCUT2D eigenvalue weighted by molar-refractivity contribution is 0.342. The second kappa shape index (κ2) is 5.36. The molecule has 0 N–H and O–H groups in total. The van der Waals surface area contributed by atoms with Crippen LogP contribution < -0.4 is 0 Å². The van der Waals surface area contributed by atoms with Crippen LogP contribution in [0.5, 0.6) is 0 Å². The quantitative estimate of drug-likeness (QED) is 0.617. The fraction of sp³-hybridized carbons (Fsp3) is 0.444. The highest BCUT2D eigenvalue weighted by Crippen LogP contribution is 2.39. The van der Waals surface area contributed by atoms with Gasteiger partial charge in [0.1, 0.15) is 5.82 Å². The summed E-state index contributed by atoms with van der Waals surface area (Å²) < 4.78 is 42.6. The first-order valence-corrected chi connectivity index (χ1v) is 7.55. The second-order valence-electron chi connectivity index (χ2n) is 6.35. The van der Waals surface area contributed by atoms with Gasteiger partial charge in [-0.15, -0.1) is 0 Å². The smallest absolute Gasteiger partial charge is 0.169 e. The van der Waals surface area contributed by atoms with Crippen LogP contribution in [0.25, 0.3) is 10.8 Å². The summed E-state index contributed by atoms with van der Waals surface area (Å²) in [5.41, 5.74) is 0.746. The van der Waals surface area contributed by atoms with Crippen LogP contribution in [-0.4, -0.2) is 0 Å². The van der Waals surface area contributed by atoms with Gasteiger partial charge < -0.3 is 0 Å². The average Bonchev–Trinajstić information content (AvgIpc) is 2.46. The first kappa shape index (κ1) is 14.4. The minimum absolute atomic E-state index is 0.120. The van der Waals surface area contributed by atoms with Crippen molar-refractivity contribution >= 4 is 10.8 Å². The molecule has 1 aliphatic rings. The van der Waals surface area contributed by atoms with E-state index in [0.29, 0.717) is 16.9 Å². The maximum Gasteiger partial charge on any atom is 0.169 e. The van der Waals surface area contributed by atoms with E-state index < -0.39 is 17.5 Å². The molecule has 0 saturated heterocycles. The third kappa shape index (κ3) is 2.43. The zero-order valence-corrected chi connectivity index (χ0v) is 12.3. The van der Waals surface area contributed by atoms with Crippen molar-refractivity contribution in [2.24, 2.45) is 5.92 Å². The molecule has 3 rings (SSSR count). The molecule has 0 heterocycles. The third-order valence-corrected chi connectivity index (χ3v) is 4.79. The lowest BCUT2D eigenvalue weighted by atomic mass is 9.79. The number of halogens is 3. The number of benzene rings is 2. The highest BCUT2D eigenvalue weighted by atomic mass is 19.2. The van der Waals surface area contributed by atoms with Gasteiger partial charge in [0.25, 0.3) is 0 Å². The predicted octanol–water partition coefficient (Wildman–Crippen LogP) is 5.86. The highest BCUT2D eigenvalue weighted by Gasteiger charge is 2.25. The molecule has 3 heteroatoms. The number of fused-ring (bicyclic) bond motifs is 1. The molecule has 1 saturated carbocycles. The van der Waals surface area contributed by atoms with Gasteiger partial charge in [-0.2, -0.15) is 0 Å². The van der Waals surface area contributed by atoms with Gasteiger partial charge in [-0.1, -0.05) is 31.9 Å². The Morgan fingerprint density at radius 1 is 0.905 bits per heavy atom. The maximum absolute atomic E-state index is 14.7. The predicted molar refractivity (Wildman–Crippen MR) is 78.9 cm³/mol. The second-order valence-corrected chi connectivity index (χ2v) is 6.35. The SMILES string of the molecule is Cc1cc2ccc(C3CCC(C)CC3)c(F)c2c(F)c1F. The lowest BCUT2D eigenvalue weighted by Gasteiger charge is -2.27. The molecule has 112 valence electrons. The molecular formula is C18H19F3. The Morgan fingerprint density at radius 2 is 1.57 bits per heavy atom. The molecule has 0 unspecified atom stereocenters. The van der Waals surface area contributed by atoms with Gasteiger partial charge in [-0.3, -0.25) is 0 Å². The number of hydrogen-bond donors (Lipinski definition) is 0. The van der Waals surface area contributed by atoms with E-state index in [-0.39, 0.29) is 16.9 Å². The van der Waals surface area contributed by atoms with Crippen LogP contribution in [0.3, 0.4) is 0 Å². The van der Waals surface area contributed by atoms with Crippen LogP contribution in [0.1, 0.15) is 49.7 Å². The highest BCUT2D eigenvalue weighted by molar-refractivity contribution is 5.85. The Labute approximate surface area is 123 Å². The van der Waals surface area contributed by atoms with Crippen LogP contribution >= 0.6 is 0 Å². The van der Waals surface area contributed by atoms with Gasteiger partial charge in [0.2, 0.25) is 0 Å². The molecule has 2 aromatic rings. The summed E-state index contributed by atoms with van der Waals surface area (Å²) >= 11 is 0. The third-order valence-electron chi connectivity index (χ3n) is 4.79. The average molecular weight is 292 g/mol. The molecule has 0 nitrogen and oxygen atoms in total. The first-order valence-electron chi connectivity index (χ1n) is 7.55. The first-order chi connectivity index (χ1) is 9.99. The van der Waals surface area contributed by atoms with Gasteiger partial charge in [-0.25, -0.2) is 13.2 Å². The van der Waals surface area contributed by atoms with Crippen molar-refractivity contribution in [3.05, 3.63) is 46.8 Å². The van der Waals surface area contributed by atoms with Crippen LogP contribution in [0.4, 0.5) is 13.2 Å². The number of hydrogen-bond acceptors (Lipinski definition) is 0. The molecule has 0 aromatic heterocycles. The summed E-state index contributed by atoms with van der Waals surface area (Å²) in [5, 5.41) is 0.228. The van der Waals surface area contributed by atoms with E-state index in [4.69, 9.17) is 0 Å². The van der Waals surface area contributed by atoms with Crippen molar-refractivity contribution in [1.29, 1.82) is 0 Å². The van der Waals surface area contributed by atoms with E-state index in [9.17, 15) is 13.2 Å². The van der Waals surface area contributed by atoms with E-state index in [1.807, 2.05) is 0 Å². The van der Waals surface area contributed by atoms with E-state index in [1.54, 1.807) is 12.1 Å². The summed E-state index contributed by atoms with van der Waals surface area (Å²) in [6, 6.07) is 4.96. The molecule has 1 aliphatic carbocycles. The van der Waals surface area contributed by atoms with Crippen molar-refractivity contribution in [1.82, 2.24) is 0 Å². The van der Waals surface area contributed by atoms with Crippen molar-refractivity contribution in [3.8, 4) is 0 Å². The summed E-state index contributed by atoms with van der Waals surface area (Å²) in [7, 11) is 0. The van der Waals surface area contributed by atoms with Crippen LogP contribution in [0, 0.1) is 30.3 Å². The van der Waals surface area contributed by atoms with Crippen LogP contribution in [0.15, 0.2) is 18.2 Å². The summed E-state index contributed by atoms with van der Waals surface area (Å²) in [5.74, 6) is -1.80. The maximum atomic E-state index is 14.7. The Morgan fingerprint density at radius 3 is 2.24 bits per heavy atom. The molecule has 0 aliphatic heterocycles. The van der Waals surface area contributed by atoms with Crippen LogP contribution in [0.2, 0.25) is 0 Å². The van der Waals surface area contributed by atoms with Gasteiger partial charge in [-0.05, 0) is 54.2 Å². The topological polar surface area (TPSA) is 0 Å². The zero-order valence-electron chi connectivity index (χ0n) is 12.3. The molecule has 0 radical (unpaired) electrons. The van der Waals surface area contributed by atoms with E-state index in [2.05, 4.69) is 6.92 Å². The van der Waals surface area contributed by atoms with Crippen molar-refractivity contribution < 1.29 is 13.2 Å². The van der Waals surface area contributed by atoms with Gasteiger partial charge >= 0.3 is 0 Å². The summed E-state index contributed by atoms with van der Waals surface area (Å²) in [6.45, 7) is 3.69. The van der Waals surface area contributed by atoms with Crippen molar-refractivity contribution in [2.45, 2.75) is 45.4 Å². The Bertz CT molecular complexity index is 683. The van der Waals surface area contributed by atoms with Crippen molar-refractivity contribution in [2.75, 3.05) is 0 Å². The van der Waals surface area contributed by atoms with Gasteiger partial charge in [0.05, 0.1) is 5.39 Å². The number of aryl methyl sites for hydroxylation is 1. The fourth-order valence-corrected chi connectivity index (χ4v) is 3.42. The normalized spacial score (nSPS) is 22.7. The minimum atomic E-state index is -1.06.